The van der Waals surface area contributed by atoms with E-state index in [9.17, 15) is 19.1 Å². The molecule has 2 aromatic rings. The second-order valence-electron chi connectivity index (χ2n) is 11.0. The highest BCUT2D eigenvalue weighted by Crippen LogP contribution is 2.49. The number of β-amino-alcohol motifs (C(OH)–C–C–N with tert-alkyl or cyclic N) is 1. The van der Waals surface area contributed by atoms with Crippen molar-refractivity contribution in [2.24, 2.45) is 17.8 Å². The Kier molecular flexibility index (Phi) is 6.88. The number of rotatable bonds is 6. The Bertz CT molecular complexity index is 1080. The zero-order valence-corrected chi connectivity index (χ0v) is 20.8. The van der Waals surface area contributed by atoms with Gasteiger partial charge in [0, 0.05) is 47.4 Å². The highest BCUT2D eigenvalue weighted by Gasteiger charge is 2.53. The van der Waals surface area contributed by atoms with Gasteiger partial charge in [-0.25, -0.2) is 4.39 Å². The molecule has 6 nitrogen and oxygen atoms in total. The number of aliphatic hydroxyl groups excluding tert-OH is 1. The van der Waals surface area contributed by atoms with E-state index in [2.05, 4.69) is 10.3 Å². The monoisotopic (exact) mass is 483 g/mol. The van der Waals surface area contributed by atoms with Gasteiger partial charge < -0.3 is 20.3 Å². The number of hydrogen-bond donors (Lipinski definition) is 3. The van der Waals surface area contributed by atoms with Crippen LogP contribution in [0.3, 0.4) is 0 Å². The molecule has 1 aliphatic heterocycles. The number of halogens is 1. The molecular formula is C28H38FN3O3. The molecule has 2 amide bonds. The summed E-state index contributed by atoms with van der Waals surface area (Å²) in [6.45, 7) is 4.20. The lowest BCUT2D eigenvalue weighted by Gasteiger charge is -2.36. The second-order valence-corrected chi connectivity index (χ2v) is 11.0. The van der Waals surface area contributed by atoms with Crippen LogP contribution in [0.2, 0.25) is 0 Å². The number of carbonyl (C=O) groups excluding carboxylic acids is 2. The summed E-state index contributed by atoms with van der Waals surface area (Å²) in [6.07, 6.45) is 9.05. The van der Waals surface area contributed by atoms with Gasteiger partial charge in [0.25, 0.3) is 0 Å². The van der Waals surface area contributed by atoms with E-state index in [1.807, 2.05) is 24.9 Å². The third-order valence-electron chi connectivity index (χ3n) is 9.00. The van der Waals surface area contributed by atoms with Crippen LogP contribution in [0, 0.1) is 23.6 Å². The molecule has 1 saturated heterocycles. The standard InChI is InChI=1S/C28H38FN3O3/c1-3-16(2)27(34)31-25(17-7-5-4-6-8-17)28(35)32-15-24(33)21-12-11-20(26(21)32)22-14-30-23-13-18(29)9-10-19(22)23/h9-10,13-14,16-17,20-21,24-26,30,33H,3-8,11-12,15H2,1-2H3,(H,31,34)/t16-,20+,21-,24-,25+,26-/m1/s1. The predicted octanol–water partition coefficient (Wildman–Crippen LogP) is 4.48. The fourth-order valence-electron chi connectivity index (χ4n) is 6.85. The highest BCUT2D eigenvalue weighted by molar-refractivity contribution is 5.89. The topological polar surface area (TPSA) is 85.4 Å². The van der Waals surface area contributed by atoms with Gasteiger partial charge in [0.1, 0.15) is 11.9 Å². The number of aromatic amines is 1. The first-order valence-corrected chi connectivity index (χ1v) is 13.4. The van der Waals surface area contributed by atoms with Gasteiger partial charge in [0.05, 0.1) is 6.10 Å². The van der Waals surface area contributed by atoms with Crippen molar-refractivity contribution in [3.05, 3.63) is 35.8 Å². The molecule has 1 aromatic carbocycles. The van der Waals surface area contributed by atoms with Crippen LogP contribution in [-0.4, -0.2) is 51.5 Å². The molecular weight excluding hydrogens is 445 g/mol. The fourth-order valence-corrected chi connectivity index (χ4v) is 6.85. The molecule has 0 spiro atoms. The van der Waals surface area contributed by atoms with E-state index in [0.29, 0.717) is 6.54 Å². The van der Waals surface area contributed by atoms with E-state index in [1.165, 1.54) is 18.6 Å². The molecule has 5 rings (SSSR count). The lowest BCUT2D eigenvalue weighted by atomic mass is 9.82. The fraction of sp³-hybridized carbons (Fsp3) is 0.643. The highest BCUT2D eigenvalue weighted by atomic mass is 19.1. The molecule has 35 heavy (non-hydrogen) atoms. The number of carbonyl (C=O) groups is 2. The summed E-state index contributed by atoms with van der Waals surface area (Å²) in [5.74, 6) is -0.305. The van der Waals surface area contributed by atoms with Crippen LogP contribution in [-0.2, 0) is 9.59 Å². The third-order valence-corrected chi connectivity index (χ3v) is 9.00. The Hall–Kier alpha value is -2.41. The first kappa shape index (κ1) is 24.3. The van der Waals surface area contributed by atoms with Gasteiger partial charge in [-0.3, -0.25) is 9.59 Å². The van der Waals surface area contributed by atoms with Crippen LogP contribution in [0.4, 0.5) is 4.39 Å². The minimum atomic E-state index is -0.561. The van der Waals surface area contributed by atoms with Gasteiger partial charge in [-0.05, 0) is 61.8 Å². The van der Waals surface area contributed by atoms with Crippen LogP contribution in [0.1, 0.15) is 76.7 Å². The van der Waals surface area contributed by atoms with Crippen molar-refractivity contribution in [2.45, 2.75) is 89.3 Å². The van der Waals surface area contributed by atoms with E-state index in [-0.39, 0.29) is 47.3 Å². The van der Waals surface area contributed by atoms with Crippen molar-refractivity contribution < 1.29 is 19.1 Å². The Morgan fingerprint density at radius 1 is 1.20 bits per heavy atom. The minimum Gasteiger partial charge on any atom is -0.391 e. The van der Waals surface area contributed by atoms with Crippen molar-refractivity contribution >= 4 is 22.7 Å². The molecule has 0 unspecified atom stereocenters. The molecule has 1 aromatic heterocycles. The number of nitrogens with zero attached hydrogens (tertiary/aromatic N) is 1. The Balaban J connectivity index is 1.45. The average molecular weight is 484 g/mol. The van der Waals surface area contributed by atoms with Crippen molar-refractivity contribution in [2.75, 3.05) is 6.54 Å². The molecule has 0 radical (unpaired) electrons. The largest absolute Gasteiger partial charge is 0.391 e. The van der Waals surface area contributed by atoms with Gasteiger partial charge in [-0.15, -0.1) is 0 Å². The summed E-state index contributed by atoms with van der Waals surface area (Å²) in [7, 11) is 0. The van der Waals surface area contributed by atoms with Crippen molar-refractivity contribution in [1.29, 1.82) is 0 Å². The van der Waals surface area contributed by atoms with E-state index in [1.54, 1.807) is 6.07 Å². The van der Waals surface area contributed by atoms with Crippen LogP contribution in [0.15, 0.2) is 24.4 Å². The zero-order valence-electron chi connectivity index (χ0n) is 20.8. The Morgan fingerprint density at radius 2 is 1.97 bits per heavy atom. The van der Waals surface area contributed by atoms with Gasteiger partial charge >= 0.3 is 0 Å². The minimum absolute atomic E-state index is 0.0200. The number of benzene rings is 1. The van der Waals surface area contributed by atoms with Gasteiger partial charge in [-0.1, -0.05) is 33.1 Å². The number of likely N-dealkylation sites (tertiary alicyclic amines) is 1. The van der Waals surface area contributed by atoms with Crippen LogP contribution >= 0.6 is 0 Å². The van der Waals surface area contributed by atoms with Crippen molar-refractivity contribution in [3.8, 4) is 0 Å². The van der Waals surface area contributed by atoms with E-state index in [0.717, 1.165) is 61.4 Å². The molecule has 2 aliphatic carbocycles. The number of aliphatic hydroxyl groups is 1. The van der Waals surface area contributed by atoms with E-state index in [4.69, 9.17) is 0 Å². The maximum absolute atomic E-state index is 14.1. The SMILES string of the molecule is CC[C@@H](C)C(=O)N[C@H](C(=O)N1C[C@@H](O)[C@H]2CC[C@@H](c3c[nH]c4cc(F)ccc34)[C@H]21)C1CCCCC1. The maximum Gasteiger partial charge on any atom is 0.245 e. The summed E-state index contributed by atoms with van der Waals surface area (Å²) in [5, 5.41) is 15.1. The van der Waals surface area contributed by atoms with Gasteiger partial charge in [0.15, 0.2) is 0 Å². The average Bonchev–Trinajstić information content (AvgIpc) is 3.56. The quantitative estimate of drug-likeness (QED) is 0.566. The summed E-state index contributed by atoms with van der Waals surface area (Å²) >= 11 is 0. The molecule has 2 heterocycles. The summed E-state index contributed by atoms with van der Waals surface area (Å²) in [6, 6.07) is 4.12. The third kappa shape index (κ3) is 4.48. The van der Waals surface area contributed by atoms with Gasteiger partial charge in [-0.2, -0.15) is 0 Å². The van der Waals surface area contributed by atoms with Crippen molar-refractivity contribution in [1.82, 2.24) is 15.2 Å². The number of nitrogens with one attached hydrogen (secondary N) is 2. The first-order chi connectivity index (χ1) is 16.9. The van der Waals surface area contributed by atoms with E-state index < -0.39 is 12.1 Å². The Labute approximate surface area is 206 Å². The number of H-pyrrole nitrogens is 1. The molecule has 0 bridgehead atoms. The lowest BCUT2D eigenvalue weighted by molar-refractivity contribution is -0.140. The predicted molar refractivity (Wildman–Crippen MR) is 133 cm³/mol. The lowest BCUT2D eigenvalue weighted by Crippen LogP contribution is -2.55. The van der Waals surface area contributed by atoms with Crippen LogP contribution in [0.25, 0.3) is 10.9 Å². The summed E-state index contributed by atoms with van der Waals surface area (Å²) < 4.78 is 13.8. The van der Waals surface area contributed by atoms with Crippen molar-refractivity contribution in [3.63, 3.8) is 0 Å². The van der Waals surface area contributed by atoms with Crippen LogP contribution in [0.5, 0.6) is 0 Å². The smallest absolute Gasteiger partial charge is 0.245 e. The van der Waals surface area contributed by atoms with Crippen LogP contribution < -0.4 is 5.32 Å². The molecule has 3 fully saturated rings. The number of aromatic nitrogens is 1. The molecule has 6 atom stereocenters. The molecule has 3 N–H and O–H groups in total. The summed E-state index contributed by atoms with van der Waals surface area (Å²) in [5.41, 5.74) is 1.83. The number of fused-ring (bicyclic) bond motifs is 2. The molecule has 190 valence electrons. The second kappa shape index (κ2) is 9.92. The molecule has 3 aliphatic rings. The van der Waals surface area contributed by atoms with E-state index >= 15 is 0 Å². The number of hydrogen-bond acceptors (Lipinski definition) is 3. The molecule has 7 heteroatoms. The molecule has 2 saturated carbocycles. The first-order valence-electron chi connectivity index (χ1n) is 13.4. The van der Waals surface area contributed by atoms with Gasteiger partial charge in [0.2, 0.25) is 11.8 Å². The summed E-state index contributed by atoms with van der Waals surface area (Å²) in [4.78, 5) is 32.1. The zero-order chi connectivity index (χ0) is 24.7. The Morgan fingerprint density at radius 3 is 2.71 bits per heavy atom. The maximum atomic E-state index is 14.1. The number of amides is 2. The normalized spacial score (nSPS) is 28.7.